The molecule has 0 atom stereocenters. The van der Waals surface area contributed by atoms with Crippen molar-refractivity contribution in [2.45, 2.75) is 12.8 Å². The normalized spacial score (nSPS) is 13.3. The van der Waals surface area contributed by atoms with Crippen LogP contribution in [0.3, 0.4) is 0 Å². The molecule has 0 unspecified atom stereocenters. The first-order valence-corrected chi connectivity index (χ1v) is 7.86. The van der Waals surface area contributed by atoms with Gasteiger partial charge in [0.05, 0.1) is 5.69 Å². The van der Waals surface area contributed by atoms with Gasteiger partial charge in [-0.3, -0.25) is 19.3 Å². The van der Waals surface area contributed by atoms with Crippen LogP contribution in [0.1, 0.15) is 12.8 Å². The summed E-state index contributed by atoms with van der Waals surface area (Å²) in [5.74, 6) is -0.888. The molecule has 23 heavy (non-hydrogen) atoms. The van der Waals surface area contributed by atoms with E-state index in [1.807, 2.05) is 0 Å². The minimum atomic E-state index is -0.895. The van der Waals surface area contributed by atoms with Crippen LogP contribution >= 0.6 is 15.9 Å². The molecular weight excluding hydrogens is 368 g/mol. The van der Waals surface area contributed by atoms with E-state index in [0.717, 1.165) is 4.47 Å². The molecular formula is C15H17BrN2O5. The fraction of sp³-hybridized carbons (Fsp3) is 0.400. The highest BCUT2D eigenvalue weighted by molar-refractivity contribution is 9.10. The first-order valence-electron chi connectivity index (χ1n) is 7.07. The predicted octanol–water partition coefficient (Wildman–Crippen LogP) is 1.50. The van der Waals surface area contributed by atoms with Gasteiger partial charge in [-0.25, -0.2) is 0 Å². The van der Waals surface area contributed by atoms with Crippen molar-refractivity contribution in [3.63, 3.8) is 0 Å². The van der Waals surface area contributed by atoms with Crippen LogP contribution in [0.2, 0.25) is 0 Å². The zero-order valence-corrected chi connectivity index (χ0v) is 14.2. The third-order valence-electron chi connectivity index (χ3n) is 3.47. The number of carbonyl (C=O) groups is 3. The lowest BCUT2D eigenvalue weighted by molar-refractivity contribution is -0.137. The molecule has 1 N–H and O–H groups in total. The minimum Gasteiger partial charge on any atom is -0.482 e. The van der Waals surface area contributed by atoms with Crippen LogP contribution in [0.15, 0.2) is 22.7 Å². The van der Waals surface area contributed by atoms with Gasteiger partial charge in [0, 0.05) is 24.5 Å². The number of aliphatic carboxylic acids is 1. The van der Waals surface area contributed by atoms with Crippen molar-refractivity contribution >= 4 is 39.4 Å². The van der Waals surface area contributed by atoms with Gasteiger partial charge in [0.25, 0.3) is 5.91 Å². The van der Waals surface area contributed by atoms with Crippen LogP contribution in [0, 0.1) is 0 Å². The number of hydrogen-bond donors (Lipinski definition) is 1. The van der Waals surface area contributed by atoms with Crippen molar-refractivity contribution in [3.05, 3.63) is 22.7 Å². The van der Waals surface area contributed by atoms with Crippen LogP contribution in [0.25, 0.3) is 0 Å². The molecule has 1 aromatic carbocycles. The van der Waals surface area contributed by atoms with E-state index in [9.17, 15) is 14.4 Å². The van der Waals surface area contributed by atoms with Crippen molar-refractivity contribution in [2.75, 3.05) is 31.6 Å². The summed E-state index contributed by atoms with van der Waals surface area (Å²) in [5, 5.41) is 8.62. The smallest absolute Gasteiger partial charge is 0.303 e. The van der Waals surface area contributed by atoms with Crippen molar-refractivity contribution in [3.8, 4) is 5.75 Å². The molecule has 2 rings (SSSR count). The topological polar surface area (TPSA) is 87.2 Å². The highest BCUT2D eigenvalue weighted by atomic mass is 79.9. The van der Waals surface area contributed by atoms with E-state index in [0.29, 0.717) is 24.4 Å². The lowest BCUT2D eigenvalue weighted by Gasteiger charge is -2.30. The highest BCUT2D eigenvalue weighted by Gasteiger charge is 2.28. The molecule has 0 spiro atoms. The van der Waals surface area contributed by atoms with Gasteiger partial charge in [0.2, 0.25) is 5.91 Å². The Bertz CT molecular complexity index is 634. The number of hydrogen-bond acceptors (Lipinski definition) is 4. The zero-order valence-electron chi connectivity index (χ0n) is 12.6. The van der Waals surface area contributed by atoms with Gasteiger partial charge < -0.3 is 14.7 Å². The number of benzene rings is 1. The van der Waals surface area contributed by atoms with Crippen LogP contribution in [-0.4, -0.2) is 54.5 Å². The number of carboxylic acids is 1. The Morgan fingerprint density at radius 1 is 1.43 bits per heavy atom. The Labute approximate surface area is 141 Å². The van der Waals surface area contributed by atoms with Gasteiger partial charge in [-0.2, -0.15) is 0 Å². The Morgan fingerprint density at radius 2 is 2.17 bits per heavy atom. The van der Waals surface area contributed by atoms with E-state index < -0.39 is 5.97 Å². The summed E-state index contributed by atoms with van der Waals surface area (Å²) >= 11 is 3.33. The number of fused-ring (bicyclic) bond motifs is 1. The lowest BCUT2D eigenvalue weighted by Crippen LogP contribution is -2.45. The molecule has 1 aliphatic rings. The second kappa shape index (κ2) is 7.45. The van der Waals surface area contributed by atoms with Crippen molar-refractivity contribution in [1.29, 1.82) is 0 Å². The summed E-state index contributed by atoms with van der Waals surface area (Å²) in [5.41, 5.74) is 0.553. The van der Waals surface area contributed by atoms with Gasteiger partial charge in [-0.15, -0.1) is 0 Å². The average molecular weight is 385 g/mol. The third kappa shape index (κ3) is 4.44. The largest absolute Gasteiger partial charge is 0.482 e. The number of halogens is 1. The summed E-state index contributed by atoms with van der Waals surface area (Å²) in [6.07, 6.45) is 0.378. The Balaban J connectivity index is 2.03. The van der Waals surface area contributed by atoms with Crippen LogP contribution in [0.4, 0.5) is 5.69 Å². The SMILES string of the molecule is CN(CCCC(=O)O)C(=O)CN1C(=O)COc2cc(Br)ccc21. The first kappa shape index (κ1) is 17.3. The van der Waals surface area contributed by atoms with Crippen LogP contribution in [-0.2, 0) is 14.4 Å². The molecule has 0 saturated heterocycles. The molecule has 7 nitrogen and oxygen atoms in total. The van der Waals surface area contributed by atoms with Gasteiger partial charge >= 0.3 is 5.97 Å². The van der Waals surface area contributed by atoms with Gasteiger partial charge in [0.1, 0.15) is 12.3 Å². The summed E-state index contributed by atoms with van der Waals surface area (Å²) < 4.78 is 6.19. The number of rotatable bonds is 6. The summed E-state index contributed by atoms with van der Waals surface area (Å²) in [7, 11) is 1.59. The number of carboxylic acid groups (broad SMARTS) is 1. The summed E-state index contributed by atoms with van der Waals surface area (Å²) in [6, 6.07) is 5.23. The Hall–Kier alpha value is -2.09. The second-order valence-electron chi connectivity index (χ2n) is 5.19. The maximum absolute atomic E-state index is 12.2. The van der Waals surface area contributed by atoms with E-state index in [4.69, 9.17) is 9.84 Å². The fourth-order valence-electron chi connectivity index (χ4n) is 2.20. The zero-order chi connectivity index (χ0) is 17.0. The average Bonchev–Trinajstić information content (AvgIpc) is 2.49. The minimum absolute atomic E-state index is 0.00493. The number of amides is 2. The maximum Gasteiger partial charge on any atom is 0.303 e. The third-order valence-corrected chi connectivity index (χ3v) is 3.96. The number of anilines is 1. The molecule has 0 fully saturated rings. The molecule has 124 valence electrons. The van der Waals surface area contributed by atoms with Gasteiger partial charge in [-0.05, 0) is 24.6 Å². The van der Waals surface area contributed by atoms with E-state index in [2.05, 4.69) is 15.9 Å². The van der Waals surface area contributed by atoms with E-state index in [-0.39, 0.29) is 31.4 Å². The summed E-state index contributed by atoms with van der Waals surface area (Å²) in [6.45, 7) is 0.122. The molecule has 0 aliphatic carbocycles. The molecule has 1 aromatic rings. The molecule has 0 bridgehead atoms. The highest BCUT2D eigenvalue weighted by Crippen LogP contribution is 2.34. The van der Waals surface area contributed by atoms with Crippen molar-refractivity contribution in [2.24, 2.45) is 0 Å². The predicted molar refractivity (Wildman–Crippen MR) is 86.5 cm³/mol. The molecule has 1 aliphatic heterocycles. The monoisotopic (exact) mass is 384 g/mol. The van der Waals surface area contributed by atoms with Crippen LogP contribution in [0.5, 0.6) is 5.75 Å². The lowest BCUT2D eigenvalue weighted by atomic mass is 10.2. The second-order valence-corrected chi connectivity index (χ2v) is 6.11. The summed E-state index contributed by atoms with van der Waals surface area (Å²) in [4.78, 5) is 37.6. The molecule has 0 saturated carbocycles. The Morgan fingerprint density at radius 3 is 2.87 bits per heavy atom. The Kier molecular flexibility index (Phi) is 5.59. The van der Waals surface area contributed by atoms with Crippen LogP contribution < -0.4 is 9.64 Å². The first-order chi connectivity index (χ1) is 10.9. The number of ether oxygens (including phenoxy) is 1. The van der Waals surface area contributed by atoms with Gasteiger partial charge in [-0.1, -0.05) is 15.9 Å². The number of likely N-dealkylation sites (N-methyl/N-ethyl adjacent to an activating group) is 1. The van der Waals surface area contributed by atoms with E-state index >= 15 is 0 Å². The van der Waals surface area contributed by atoms with E-state index in [1.54, 1.807) is 25.2 Å². The van der Waals surface area contributed by atoms with Gasteiger partial charge in [0.15, 0.2) is 6.61 Å². The van der Waals surface area contributed by atoms with Crippen molar-refractivity contribution < 1.29 is 24.2 Å². The standard InChI is InChI=1S/C15H17BrN2O5/c1-17(6-2-3-15(21)22)13(19)8-18-11-5-4-10(16)7-12(11)23-9-14(18)20/h4-5,7H,2-3,6,8-9H2,1H3,(H,21,22). The molecule has 0 aromatic heterocycles. The molecule has 1 heterocycles. The number of nitrogens with zero attached hydrogens (tertiary/aromatic N) is 2. The van der Waals surface area contributed by atoms with Crippen molar-refractivity contribution in [1.82, 2.24) is 4.90 Å². The maximum atomic E-state index is 12.2. The quantitative estimate of drug-likeness (QED) is 0.802. The van der Waals surface area contributed by atoms with E-state index in [1.165, 1.54) is 9.80 Å². The number of carbonyl (C=O) groups excluding carboxylic acids is 2. The molecule has 2 amide bonds. The molecule has 8 heteroatoms. The molecule has 0 radical (unpaired) electrons. The fourth-order valence-corrected chi connectivity index (χ4v) is 2.54.